The first-order chi connectivity index (χ1) is 8.69. The Bertz CT molecular complexity index is 408. The van der Waals surface area contributed by atoms with Crippen molar-refractivity contribution in [3.05, 3.63) is 35.9 Å². The number of benzene rings is 1. The van der Waals surface area contributed by atoms with Crippen molar-refractivity contribution in [1.29, 1.82) is 0 Å². The molecule has 0 heterocycles. The van der Waals surface area contributed by atoms with Gasteiger partial charge in [0, 0.05) is 6.54 Å². The molecule has 0 saturated carbocycles. The first-order valence-corrected chi connectivity index (χ1v) is 6.16. The molecule has 0 fully saturated rings. The Labute approximate surface area is 108 Å². The zero-order chi connectivity index (χ0) is 13.4. The molecule has 2 N–H and O–H groups in total. The fraction of sp³-hybridized carbons (Fsp3) is 0.400. The summed E-state index contributed by atoms with van der Waals surface area (Å²) in [4.78, 5) is 11.3. The van der Waals surface area contributed by atoms with Gasteiger partial charge in [0.15, 0.2) is 0 Å². The van der Waals surface area contributed by atoms with Gasteiger partial charge in [-0.3, -0.25) is 4.79 Å². The molecule has 0 amide bonds. The van der Waals surface area contributed by atoms with E-state index in [1.54, 1.807) is 0 Å². The highest BCUT2D eigenvalue weighted by molar-refractivity contribution is 5.76. The Hall–Kier alpha value is -1.79. The third kappa shape index (κ3) is 4.23. The normalized spacial score (nSPS) is 13.6. The summed E-state index contributed by atoms with van der Waals surface area (Å²) >= 11 is 0. The average molecular weight is 245 g/mol. The molecule has 0 aliphatic rings. The number of carboxylic acid groups (broad SMARTS) is 1. The van der Waals surface area contributed by atoms with Crippen molar-refractivity contribution in [2.75, 3.05) is 6.54 Å². The standard InChI is InChI=1S/C15H19NO2/c1-3-8-13(4-2)16-11-14(15(17)18)12-9-6-5-7-10-12/h2,5-7,9-10,13-14,16H,3,8,11H2,1H3,(H,17,18). The third-order valence-electron chi connectivity index (χ3n) is 2.85. The fourth-order valence-electron chi connectivity index (χ4n) is 1.83. The lowest BCUT2D eigenvalue weighted by Crippen LogP contribution is -2.34. The van der Waals surface area contributed by atoms with Crippen LogP contribution >= 0.6 is 0 Å². The van der Waals surface area contributed by atoms with E-state index in [1.165, 1.54) is 0 Å². The number of carboxylic acids is 1. The van der Waals surface area contributed by atoms with Gasteiger partial charge in [-0.15, -0.1) is 6.42 Å². The van der Waals surface area contributed by atoms with Crippen molar-refractivity contribution in [2.24, 2.45) is 0 Å². The molecule has 0 radical (unpaired) electrons. The summed E-state index contributed by atoms with van der Waals surface area (Å²) in [6.07, 6.45) is 7.24. The highest BCUT2D eigenvalue weighted by Crippen LogP contribution is 2.15. The number of hydrogen-bond acceptors (Lipinski definition) is 2. The van der Waals surface area contributed by atoms with E-state index >= 15 is 0 Å². The molecule has 2 unspecified atom stereocenters. The number of terminal acetylenes is 1. The minimum atomic E-state index is -0.832. The second-order valence-corrected chi connectivity index (χ2v) is 4.22. The Morgan fingerprint density at radius 1 is 1.44 bits per heavy atom. The Kier molecular flexibility index (Phi) is 5.96. The molecule has 3 nitrogen and oxygen atoms in total. The molecule has 0 bridgehead atoms. The lowest BCUT2D eigenvalue weighted by Gasteiger charge is -2.17. The molecule has 1 aromatic rings. The maximum absolute atomic E-state index is 11.3. The van der Waals surface area contributed by atoms with E-state index in [1.807, 2.05) is 30.3 Å². The van der Waals surface area contributed by atoms with Gasteiger partial charge < -0.3 is 10.4 Å². The highest BCUT2D eigenvalue weighted by atomic mass is 16.4. The molecule has 1 rings (SSSR count). The van der Waals surface area contributed by atoms with Crippen LogP contribution < -0.4 is 5.32 Å². The summed E-state index contributed by atoms with van der Waals surface area (Å²) < 4.78 is 0. The second-order valence-electron chi connectivity index (χ2n) is 4.22. The highest BCUT2D eigenvalue weighted by Gasteiger charge is 2.20. The van der Waals surface area contributed by atoms with Crippen LogP contribution in [-0.4, -0.2) is 23.7 Å². The van der Waals surface area contributed by atoms with Crippen molar-refractivity contribution >= 4 is 5.97 Å². The summed E-state index contributed by atoms with van der Waals surface area (Å²) in [6.45, 7) is 2.41. The fourth-order valence-corrected chi connectivity index (χ4v) is 1.83. The maximum atomic E-state index is 11.3. The van der Waals surface area contributed by atoms with Crippen LogP contribution in [0.3, 0.4) is 0 Å². The molecule has 0 aromatic heterocycles. The summed E-state index contributed by atoms with van der Waals surface area (Å²) in [5, 5.41) is 12.4. The predicted molar refractivity (Wildman–Crippen MR) is 72.4 cm³/mol. The quantitative estimate of drug-likeness (QED) is 0.724. The van der Waals surface area contributed by atoms with Gasteiger partial charge in [0.2, 0.25) is 0 Å². The molecular formula is C15H19NO2. The van der Waals surface area contributed by atoms with Gasteiger partial charge in [0.05, 0.1) is 12.0 Å². The van der Waals surface area contributed by atoms with Crippen LogP contribution in [0.1, 0.15) is 31.2 Å². The SMILES string of the molecule is C#CC(CCC)NCC(C(=O)O)c1ccccc1. The van der Waals surface area contributed by atoms with E-state index in [0.29, 0.717) is 6.54 Å². The van der Waals surface area contributed by atoms with Crippen LogP contribution in [0, 0.1) is 12.3 Å². The predicted octanol–water partition coefficient (Wildman–Crippen LogP) is 2.25. The maximum Gasteiger partial charge on any atom is 0.312 e. The van der Waals surface area contributed by atoms with Gasteiger partial charge in [0.25, 0.3) is 0 Å². The number of rotatable bonds is 7. The zero-order valence-electron chi connectivity index (χ0n) is 10.6. The Morgan fingerprint density at radius 2 is 2.11 bits per heavy atom. The van der Waals surface area contributed by atoms with Crippen molar-refractivity contribution in [1.82, 2.24) is 5.32 Å². The molecule has 18 heavy (non-hydrogen) atoms. The van der Waals surface area contributed by atoms with Crippen molar-refractivity contribution in [3.63, 3.8) is 0 Å². The van der Waals surface area contributed by atoms with Gasteiger partial charge in [-0.05, 0) is 12.0 Å². The van der Waals surface area contributed by atoms with Crippen molar-refractivity contribution in [3.8, 4) is 12.3 Å². The second kappa shape index (κ2) is 7.52. The van der Waals surface area contributed by atoms with E-state index in [9.17, 15) is 9.90 Å². The molecular weight excluding hydrogens is 226 g/mol. The largest absolute Gasteiger partial charge is 0.481 e. The van der Waals surface area contributed by atoms with E-state index in [4.69, 9.17) is 6.42 Å². The van der Waals surface area contributed by atoms with Crippen molar-refractivity contribution in [2.45, 2.75) is 31.7 Å². The first kappa shape index (κ1) is 14.3. The summed E-state index contributed by atoms with van der Waals surface area (Å²) in [5.41, 5.74) is 0.796. The van der Waals surface area contributed by atoms with Gasteiger partial charge in [0.1, 0.15) is 0 Å². The minimum Gasteiger partial charge on any atom is -0.481 e. The van der Waals surface area contributed by atoms with E-state index in [-0.39, 0.29) is 6.04 Å². The van der Waals surface area contributed by atoms with Crippen LogP contribution in [0.25, 0.3) is 0 Å². The molecule has 1 aromatic carbocycles. The molecule has 0 spiro atoms. The van der Waals surface area contributed by atoms with Gasteiger partial charge in [-0.2, -0.15) is 0 Å². The van der Waals surface area contributed by atoms with Crippen LogP contribution in [0.5, 0.6) is 0 Å². The molecule has 96 valence electrons. The Morgan fingerprint density at radius 3 is 2.61 bits per heavy atom. The van der Waals surface area contributed by atoms with Crippen molar-refractivity contribution < 1.29 is 9.90 Å². The summed E-state index contributed by atoms with van der Waals surface area (Å²) in [7, 11) is 0. The van der Waals surface area contributed by atoms with Crippen LogP contribution in [0.4, 0.5) is 0 Å². The number of nitrogens with one attached hydrogen (secondary N) is 1. The number of carbonyl (C=O) groups is 1. The zero-order valence-corrected chi connectivity index (χ0v) is 10.6. The van der Waals surface area contributed by atoms with Gasteiger partial charge >= 0.3 is 5.97 Å². The first-order valence-electron chi connectivity index (χ1n) is 6.16. The van der Waals surface area contributed by atoms with E-state index < -0.39 is 11.9 Å². The molecule has 3 heteroatoms. The third-order valence-corrected chi connectivity index (χ3v) is 2.85. The lowest BCUT2D eigenvalue weighted by atomic mass is 9.99. The molecule has 0 aliphatic heterocycles. The van der Waals surface area contributed by atoms with Gasteiger partial charge in [-0.25, -0.2) is 0 Å². The minimum absolute atomic E-state index is 0.0550. The monoisotopic (exact) mass is 245 g/mol. The summed E-state index contributed by atoms with van der Waals surface area (Å²) in [6, 6.07) is 9.15. The Balaban J connectivity index is 2.66. The lowest BCUT2D eigenvalue weighted by molar-refractivity contribution is -0.138. The molecule has 0 saturated heterocycles. The topological polar surface area (TPSA) is 49.3 Å². The average Bonchev–Trinajstić information content (AvgIpc) is 2.38. The van der Waals surface area contributed by atoms with E-state index in [0.717, 1.165) is 18.4 Å². The van der Waals surface area contributed by atoms with Crippen LogP contribution in [0.2, 0.25) is 0 Å². The van der Waals surface area contributed by atoms with E-state index in [2.05, 4.69) is 18.2 Å². The number of hydrogen-bond donors (Lipinski definition) is 2. The van der Waals surface area contributed by atoms with Crippen LogP contribution in [-0.2, 0) is 4.79 Å². The summed E-state index contributed by atoms with van der Waals surface area (Å²) in [5.74, 6) is 1.26. The van der Waals surface area contributed by atoms with Gasteiger partial charge in [-0.1, -0.05) is 49.6 Å². The molecule has 2 atom stereocenters. The van der Waals surface area contributed by atoms with Crippen LogP contribution in [0.15, 0.2) is 30.3 Å². The number of aliphatic carboxylic acids is 1. The smallest absolute Gasteiger partial charge is 0.312 e. The molecule has 0 aliphatic carbocycles.